The molecule has 5 nitrogen and oxygen atoms in total. The lowest BCUT2D eigenvalue weighted by molar-refractivity contribution is 0.471. The van der Waals surface area contributed by atoms with Crippen LogP contribution in [-0.4, -0.2) is 20.1 Å². The van der Waals surface area contributed by atoms with E-state index >= 15 is 0 Å². The SMILES string of the molecule is Cc1ccc(NCc2cn(C)nn2)cc1O. The summed E-state index contributed by atoms with van der Waals surface area (Å²) in [4.78, 5) is 0. The lowest BCUT2D eigenvalue weighted by atomic mass is 10.2. The van der Waals surface area contributed by atoms with Crippen LogP contribution >= 0.6 is 0 Å². The second-order valence-corrected chi connectivity index (χ2v) is 3.74. The van der Waals surface area contributed by atoms with Crippen LogP contribution in [0.25, 0.3) is 0 Å². The molecule has 0 aliphatic heterocycles. The van der Waals surface area contributed by atoms with Crippen molar-refractivity contribution in [2.24, 2.45) is 7.05 Å². The van der Waals surface area contributed by atoms with E-state index in [1.165, 1.54) is 0 Å². The number of phenols is 1. The topological polar surface area (TPSA) is 63.0 Å². The van der Waals surface area contributed by atoms with Crippen molar-refractivity contribution < 1.29 is 5.11 Å². The Bertz CT molecular complexity index is 492. The number of aromatic nitrogens is 3. The average Bonchev–Trinajstić information content (AvgIpc) is 2.66. The van der Waals surface area contributed by atoms with Gasteiger partial charge in [-0.3, -0.25) is 4.68 Å². The monoisotopic (exact) mass is 218 g/mol. The molecule has 0 fully saturated rings. The molecule has 0 spiro atoms. The molecule has 0 amide bonds. The first-order valence-electron chi connectivity index (χ1n) is 5.04. The minimum absolute atomic E-state index is 0.296. The number of anilines is 1. The van der Waals surface area contributed by atoms with E-state index in [9.17, 15) is 5.11 Å². The van der Waals surface area contributed by atoms with Crippen molar-refractivity contribution in [1.82, 2.24) is 15.0 Å². The molecule has 1 aromatic heterocycles. The number of nitrogens with one attached hydrogen (secondary N) is 1. The summed E-state index contributed by atoms with van der Waals surface area (Å²) in [6.45, 7) is 2.46. The zero-order chi connectivity index (χ0) is 11.5. The highest BCUT2D eigenvalue weighted by Gasteiger charge is 2.00. The molecule has 5 heteroatoms. The first-order valence-corrected chi connectivity index (χ1v) is 5.04. The molecule has 0 radical (unpaired) electrons. The second-order valence-electron chi connectivity index (χ2n) is 3.74. The maximum absolute atomic E-state index is 9.53. The van der Waals surface area contributed by atoms with Crippen molar-refractivity contribution >= 4 is 5.69 Å². The van der Waals surface area contributed by atoms with Crippen molar-refractivity contribution in [3.05, 3.63) is 35.7 Å². The van der Waals surface area contributed by atoms with E-state index in [-0.39, 0.29) is 0 Å². The fourth-order valence-electron chi connectivity index (χ4n) is 1.39. The smallest absolute Gasteiger partial charge is 0.120 e. The van der Waals surface area contributed by atoms with Crippen molar-refractivity contribution in [1.29, 1.82) is 0 Å². The van der Waals surface area contributed by atoms with Crippen LogP contribution in [0.4, 0.5) is 5.69 Å². The van der Waals surface area contributed by atoms with Crippen molar-refractivity contribution in [3.8, 4) is 5.75 Å². The predicted octanol–water partition coefficient (Wildman–Crippen LogP) is 1.44. The molecular formula is C11H14N4O. The van der Waals surface area contributed by atoms with Crippen LogP contribution in [-0.2, 0) is 13.6 Å². The summed E-state index contributed by atoms with van der Waals surface area (Å²) in [5, 5.41) is 20.5. The van der Waals surface area contributed by atoms with Gasteiger partial charge in [-0.2, -0.15) is 0 Å². The van der Waals surface area contributed by atoms with Crippen LogP contribution in [0.5, 0.6) is 5.75 Å². The normalized spacial score (nSPS) is 10.4. The number of benzene rings is 1. The van der Waals surface area contributed by atoms with E-state index in [2.05, 4.69) is 15.6 Å². The fraction of sp³-hybridized carbons (Fsp3) is 0.273. The van der Waals surface area contributed by atoms with E-state index < -0.39 is 0 Å². The number of aryl methyl sites for hydroxylation is 2. The van der Waals surface area contributed by atoms with Gasteiger partial charge < -0.3 is 10.4 Å². The number of hydrogen-bond acceptors (Lipinski definition) is 4. The summed E-state index contributed by atoms with van der Waals surface area (Å²) in [5.74, 6) is 0.296. The van der Waals surface area contributed by atoms with E-state index in [4.69, 9.17) is 0 Å². The summed E-state index contributed by atoms with van der Waals surface area (Å²) < 4.78 is 1.66. The number of phenolic OH excluding ortho intramolecular Hbond substituents is 1. The molecule has 1 heterocycles. The second kappa shape index (κ2) is 4.22. The molecule has 2 aromatic rings. The van der Waals surface area contributed by atoms with Gasteiger partial charge in [-0.1, -0.05) is 11.3 Å². The Labute approximate surface area is 93.7 Å². The number of hydrogen-bond donors (Lipinski definition) is 2. The third-order valence-electron chi connectivity index (χ3n) is 2.33. The third-order valence-corrected chi connectivity index (χ3v) is 2.33. The Morgan fingerprint density at radius 3 is 2.88 bits per heavy atom. The lowest BCUT2D eigenvalue weighted by Crippen LogP contribution is -1.99. The maximum Gasteiger partial charge on any atom is 0.120 e. The number of aromatic hydroxyl groups is 1. The molecule has 84 valence electrons. The summed E-state index contributed by atoms with van der Waals surface area (Å²) in [5.41, 5.74) is 2.60. The minimum atomic E-state index is 0.296. The van der Waals surface area contributed by atoms with Crippen molar-refractivity contribution in [3.63, 3.8) is 0 Å². The van der Waals surface area contributed by atoms with Crippen LogP contribution in [0, 0.1) is 6.92 Å². The van der Waals surface area contributed by atoms with Crippen LogP contribution < -0.4 is 5.32 Å². The Hall–Kier alpha value is -2.04. The molecule has 0 unspecified atom stereocenters. The van der Waals surface area contributed by atoms with Gasteiger partial charge in [0.25, 0.3) is 0 Å². The Morgan fingerprint density at radius 1 is 1.44 bits per heavy atom. The van der Waals surface area contributed by atoms with E-state index in [1.807, 2.05) is 32.3 Å². The molecule has 2 N–H and O–H groups in total. The zero-order valence-corrected chi connectivity index (χ0v) is 9.31. The lowest BCUT2D eigenvalue weighted by Gasteiger charge is -2.05. The van der Waals surface area contributed by atoms with Gasteiger partial charge in [0.1, 0.15) is 11.4 Å². The standard InChI is InChI=1S/C11H14N4O/c1-8-3-4-9(5-11(8)16)12-6-10-7-15(2)14-13-10/h3-5,7,12,16H,6H2,1-2H3. The largest absolute Gasteiger partial charge is 0.508 e. The van der Waals surface area contributed by atoms with Gasteiger partial charge in [-0.05, 0) is 18.6 Å². The molecule has 16 heavy (non-hydrogen) atoms. The minimum Gasteiger partial charge on any atom is -0.508 e. The van der Waals surface area contributed by atoms with E-state index in [0.717, 1.165) is 16.9 Å². The summed E-state index contributed by atoms with van der Waals surface area (Å²) in [7, 11) is 1.83. The van der Waals surface area contributed by atoms with Gasteiger partial charge in [0.15, 0.2) is 0 Å². The average molecular weight is 218 g/mol. The molecule has 0 bridgehead atoms. The van der Waals surface area contributed by atoms with Crippen LogP contribution in [0.15, 0.2) is 24.4 Å². The molecule has 0 saturated carbocycles. The Morgan fingerprint density at radius 2 is 2.25 bits per heavy atom. The van der Waals surface area contributed by atoms with Gasteiger partial charge in [-0.25, -0.2) is 0 Å². The van der Waals surface area contributed by atoms with E-state index in [0.29, 0.717) is 12.3 Å². The molecule has 1 aromatic carbocycles. The van der Waals surface area contributed by atoms with E-state index in [1.54, 1.807) is 10.7 Å². The highest BCUT2D eigenvalue weighted by molar-refractivity contribution is 5.50. The fourth-order valence-corrected chi connectivity index (χ4v) is 1.39. The first-order chi connectivity index (χ1) is 7.65. The van der Waals surface area contributed by atoms with Gasteiger partial charge in [0, 0.05) is 25.0 Å². The molecular weight excluding hydrogens is 204 g/mol. The predicted molar refractivity (Wildman–Crippen MR) is 61.2 cm³/mol. The van der Waals surface area contributed by atoms with Crippen LogP contribution in [0.3, 0.4) is 0 Å². The molecule has 0 saturated heterocycles. The molecule has 0 aliphatic carbocycles. The van der Waals surface area contributed by atoms with Gasteiger partial charge in [0.05, 0.1) is 6.54 Å². The number of rotatable bonds is 3. The quantitative estimate of drug-likeness (QED) is 0.818. The molecule has 0 atom stereocenters. The molecule has 0 aliphatic rings. The highest BCUT2D eigenvalue weighted by Crippen LogP contribution is 2.20. The Kier molecular flexibility index (Phi) is 2.76. The Balaban J connectivity index is 2.02. The zero-order valence-electron chi connectivity index (χ0n) is 9.31. The van der Waals surface area contributed by atoms with Gasteiger partial charge in [0.2, 0.25) is 0 Å². The van der Waals surface area contributed by atoms with Gasteiger partial charge >= 0.3 is 0 Å². The maximum atomic E-state index is 9.53. The summed E-state index contributed by atoms with van der Waals surface area (Å²) in [6.07, 6.45) is 1.85. The van der Waals surface area contributed by atoms with Gasteiger partial charge in [-0.15, -0.1) is 5.10 Å². The van der Waals surface area contributed by atoms with Crippen molar-refractivity contribution in [2.75, 3.05) is 5.32 Å². The summed E-state index contributed by atoms with van der Waals surface area (Å²) in [6, 6.07) is 5.49. The highest BCUT2D eigenvalue weighted by atomic mass is 16.3. The first kappa shape index (κ1) is 10.5. The molecule has 2 rings (SSSR count). The van der Waals surface area contributed by atoms with Crippen molar-refractivity contribution in [2.45, 2.75) is 13.5 Å². The summed E-state index contributed by atoms with van der Waals surface area (Å²) >= 11 is 0. The van der Waals surface area contributed by atoms with Crippen LogP contribution in [0.2, 0.25) is 0 Å². The van der Waals surface area contributed by atoms with Crippen LogP contribution in [0.1, 0.15) is 11.3 Å². The third kappa shape index (κ3) is 2.31. The number of nitrogens with zero attached hydrogens (tertiary/aromatic N) is 3.